The molecule has 4 heterocycles. The van der Waals surface area contributed by atoms with Crippen LogP contribution in [0.3, 0.4) is 0 Å². The molecule has 0 radical (unpaired) electrons. The smallest absolute Gasteiger partial charge is 0.228 e. The number of nitrogens with zero attached hydrogens (tertiary/aromatic N) is 4. The number of carbonyl (C=O) groups is 1. The van der Waals surface area contributed by atoms with Gasteiger partial charge in [-0.05, 0) is 12.8 Å². The predicted octanol–water partition coefficient (Wildman–Crippen LogP) is -1.18. The Morgan fingerprint density at radius 3 is 2.40 bits per heavy atom. The largest absolute Gasteiger partial charge is 0.396 e. The summed E-state index contributed by atoms with van der Waals surface area (Å²) in [7, 11) is 0. The fourth-order valence-electron chi connectivity index (χ4n) is 4.55. The highest BCUT2D eigenvalue weighted by atomic mass is 16.3. The Morgan fingerprint density at radius 1 is 0.950 bits per heavy atom. The first-order valence-electron chi connectivity index (χ1n) is 7.93. The van der Waals surface area contributed by atoms with Gasteiger partial charge in [-0.1, -0.05) is 0 Å². The van der Waals surface area contributed by atoms with Crippen molar-refractivity contribution in [3.05, 3.63) is 0 Å². The number of rotatable bonds is 2. The molecule has 1 N–H and O–H groups in total. The first kappa shape index (κ1) is 13.0. The molecule has 0 spiro atoms. The zero-order valence-corrected chi connectivity index (χ0v) is 11.9. The van der Waals surface area contributed by atoms with Crippen LogP contribution in [0.1, 0.15) is 12.8 Å². The second-order valence-corrected chi connectivity index (χ2v) is 6.49. The lowest BCUT2D eigenvalue weighted by molar-refractivity contribution is -0.199. The van der Waals surface area contributed by atoms with Gasteiger partial charge in [-0.3, -0.25) is 19.5 Å². The molecule has 0 aliphatic carbocycles. The molecule has 3 atom stereocenters. The lowest BCUT2D eigenvalue weighted by Crippen LogP contribution is -2.79. The summed E-state index contributed by atoms with van der Waals surface area (Å²) in [5.41, 5.74) is 0. The lowest BCUT2D eigenvalue weighted by atomic mass is 9.94. The van der Waals surface area contributed by atoms with Gasteiger partial charge in [0, 0.05) is 52.4 Å². The number of hydrogen-bond acceptors (Lipinski definition) is 5. The monoisotopic (exact) mass is 280 g/mol. The molecule has 112 valence electrons. The van der Waals surface area contributed by atoms with E-state index >= 15 is 0 Å². The van der Waals surface area contributed by atoms with Crippen molar-refractivity contribution in [2.45, 2.75) is 25.2 Å². The molecule has 4 aliphatic rings. The summed E-state index contributed by atoms with van der Waals surface area (Å²) in [5.74, 6) is 0.269. The van der Waals surface area contributed by atoms with Crippen molar-refractivity contribution in [1.82, 2.24) is 19.6 Å². The minimum atomic E-state index is -0.00191. The summed E-state index contributed by atoms with van der Waals surface area (Å²) in [6.45, 7) is 7.33. The van der Waals surface area contributed by atoms with Gasteiger partial charge in [0.2, 0.25) is 5.91 Å². The van der Waals surface area contributed by atoms with Crippen molar-refractivity contribution in [3.63, 3.8) is 0 Å². The Balaban J connectivity index is 1.63. The van der Waals surface area contributed by atoms with Crippen molar-refractivity contribution in [2.75, 3.05) is 52.4 Å². The third-order valence-corrected chi connectivity index (χ3v) is 5.47. The second-order valence-electron chi connectivity index (χ2n) is 6.49. The summed E-state index contributed by atoms with van der Waals surface area (Å²) in [6.07, 6.45) is 2.52. The molecule has 4 fully saturated rings. The fourth-order valence-corrected chi connectivity index (χ4v) is 4.55. The fraction of sp³-hybridized carbons (Fsp3) is 0.929. The van der Waals surface area contributed by atoms with Crippen molar-refractivity contribution in [3.8, 4) is 0 Å². The van der Waals surface area contributed by atoms with Gasteiger partial charge in [-0.15, -0.1) is 0 Å². The van der Waals surface area contributed by atoms with Crippen LogP contribution in [0.15, 0.2) is 0 Å². The van der Waals surface area contributed by atoms with Crippen molar-refractivity contribution in [1.29, 1.82) is 0 Å². The Kier molecular flexibility index (Phi) is 3.22. The minimum absolute atomic E-state index is 0.00191. The molecule has 4 saturated heterocycles. The summed E-state index contributed by atoms with van der Waals surface area (Å²) in [4.78, 5) is 22.4. The van der Waals surface area contributed by atoms with Crippen LogP contribution in [0.4, 0.5) is 0 Å². The maximum atomic E-state index is 12.7. The molecule has 0 bridgehead atoms. The molecule has 4 aliphatic heterocycles. The number of aliphatic hydroxyl groups is 1. The van der Waals surface area contributed by atoms with E-state index in [0.29, 0.717) is 12.6 Å². The number of piperazine rings is 2. The zero-order valence-electron chi connectivity index (χ0n) is 11.9. The van der Waals surface area contributed by atoms with Crippen LogP contribution in [-0.4, -0.2) is 95.4 Å². The number of aliphatic hydroxyl groups excluding tert-OH is 1. The van der Waals surface area contributed by atoms with Crippen LogP contribution in [0.5, 0.6) is 0 Å². The third-order valence-electron chi connectivity index (χ3n) is 5.47. The van der Waals surface area contributed by atoms with Gasteiger partial charge in [0.05, 0.1) is 12.1 Å². The number of hydrogen-bond donors (Lipinski definition) is 1. The molecule has 0 aromatic rings. The summed E-state index contributed by atoms with van der Waals surface area (Å²) >= 11 is 0. The van der Waals surface area contributed by atoms with Crippen LogP contribution < -0.4 is 0 Å². The quantitative estimate of drug-likeness (QED) is 0.690. The molecule has 6 nitrogen and oxygen atoms in total. The van der Waals surface area contributed by atoms with E-state index < -0.39 is 0 Å². The average molecular weight is 280 g/mol. The van der Waals surface area contributed by atoms with Crippen LogP contribution in [0, 0.1) is 5.92 Å². The first-order valence-corrected chi connectivity index (χ1v) is 7.93. The standard InChI is InChI=1S/C14H24N4O2/c19-9-2-11-10-17-6-5-15-3-1-4-16-7-8-18(14(11)20)13(17)12(15)16/h11-13,19H,1-10H2/t11-,12+,13-/m1/s1. The highest BCUT2D eigenvalue weighted by Crippen LogP contribution is 2.34. The SMILES string of the molecule is O=C1[C@H](CCO)CN2CCN3CCCN4CCN1[C@@H]2[C@@H]34. The predicted molar refractivity (Wildman–Crippen MR) is 73.8 cm³/mol. The van der Waals surface area contributed by atoms with E-state index in [1.54, 1.807) is 0 Å². The van der Waals surface area contributed by atoms with Gasteiger partial charge < -0.3 is 10.0 Å². The van der Waals surface area contributed by atoms with Crippen molar-refractivity contribution < 1.29 is 9.90 Å². The van der Waals surface area contributed by atoms with Gasteiger partial charge >= 0.3 is 0 Å². The molecule has 20 heavy (non-hydrogen) atoms. The number of amides is 1. The highest BCUT2D eigenvalue weighted by Gasteiger charge is 2.52. The minimum Gasteiger partial charge on any atom is -0.396 e. The molecule has 0 unspecified atom stereocenters. The van der Waals surface area contributed by atoms with Crippen LogP contribution in [0.25, 0.3) is 0 Å². The van der Waals surface area contributed by atoms with Crippen LogP contribution >= 0.6 is 0 Å². The maximum absolute atomic E-state index is 12.7. The maximum Gasteiger partial charge on any atom is 0.228 e. The lowest BCUT2D eigenvalue weighted by Gasteiger charge is -2.62. The normalized spacial score (nSPS) is 39.0. The van der Waals surface area contributed by atoms with Crippen LogP contribution in [-0.2, 0) is 4.79 Å². The third kappa shape index (κ3) is 1.82. The van der Waals surface area contributed by atoms with E-state index in [0.717, 1.165) is 32.7 Å². The van der Waals surface area contributed by atoms with E-state index in [1.165, 1.54) is 19.5 Å². The summed E-state index contributed by atoms with van der Waals surface area (Å²) in [5, 5.41) is 9.18. The second kappa shape index (κ2) is 4.94. The van der Waals surface area contributed by atoms with E-state index in [2.05, 4.69) is 19.6 Å². The van der Waals surface area contributed by atoms with Crippen molar-refractivity contribution in [2.24, 2.45) is 5.92 Å². The Hall–Kier alpha value is -0.690. The number of carbonyl (C=O) groups excluding carboxylic acids is 1. The van der Waals surface area contributed by atoms with E-state index in [1.807, 2.05) is 0 Å². The van der Waals surface area contributed by atoms with E-state index in [9.17, 15) is 9.90 Å². The summed E-state index contributed by atoms with van der Waals surface area (Å²) < 4.78 is 0. The molecule has 0 saturated carbocycles. The first-order chi connectivity index (χ1) is 9.79. The van der Waals surface area contributed by atoms with E-state index in [-0.39, 0.29) is 24.6 Å². The van der Waals surface area contributed by atoms with Crippen LogP contribution in [0.2, 0.25) is 0 Å². The molecule has 4 rings (SSSR count). The van der Waals surface area contributed by atoms with Gasteiger partial charge in [-0.2, -0.15) is 0 Å². The molecule has 1 amide bonds. The topological polar surface area (TPSA) is 50.3 Å². The molecular formula is C14H24N4O2. The van der Waals surface area contributed by atoms with E-state index in [4.69, 9.17) is 0 Å². The van der Waals surface area contributed by atoms with Gasteiger partial charge in [0.25, 0.3) is 0 Å². The Bertz CT molecular complexity index is 399. The van der Waals surface area contributed by atoms with Gasteiger partial charge in [0.15, 0.2) is 0 Å². The molecule has 0 aromatic carbocycles. The summed E-state index contributed by atoms with van der Waals surface area (Å²) in [6, 6.07) is 0. The van der Waals surface area contributed by atoms with Gasteiger partial charge in [0.1, 0.15) is 6.17 Å². The Labute approximate surface area is 119 Å². The highest BCUT2D eigenvalue weighted by molar-refractivity contribution is 5.80. The van der Waals surface area contributed by atoms with Gasteiger partial charge in [-0.25, -0.2) is 0 Å². The molecule has 6 heteroatoms. The van der Waals surface area contributed by atoms with Crippen molar-refractivity contribution >= 4 is 5.91 Å². The molecule has 0 aromatic heterocycles. The molecular weight excluding hydrogens is 256 g/mol. The average Bonchev–Trinajstić information content (AvgIpc) is 2.48. The zero-order chi connectivity index (χ0) is 13.7. The Morgan fingerprint density at radius 2 is 1.65 bits per heavy atom.